The predicted molar refractivity (Wildman–Crippen MR) is 63.8 cm³/mol. The predicted octanol–water partition coefficient (Wildman–Crippen LogP) is 1.78. The maximum absolute atomic E-state index is 11.2. The summed E-state index contributed by atoms with van der Waals surface area (Å²) in [5, 5.41) is 9.13. The Bertz CT molecular complexity index is 406. The van der Waals surface area contributed by atoms with E-state index in [1.54, 1.807) is 24.3 Å². The fourth-order valence-corrected chi connectivity index (χ4v) is 1.42. The van der Waals surface area contributed by atoms with E-state index in [2.05, 4.69) is 13.2 Å². The summed E-state index contributed by atoms with van der Waals surface area (Å²) in [7, 11) is 0. The van der Waals surface area contributed by atoms with Gasteiger partial charge in [-0.1, -0.05) is 31.4 Å². The molecule has 0 spiro atoms. The highest BCUT2D eigenvalue weighted by Gasteiger charge is 2.17. The first-order valence-corrected chi connectivity index (χ1v) is 4.93. The standard InChI is InChI=1S/C13H15NO2/c1-3-9(2)12(13(14)16)8-10-4-6-11(15)7-5-10/h3-7,12,15H,1-2,8H2,(H2,14,16)/t12-/m1/s1. The van der Waals surface area contributed by atoms with Crippen LogP contribution in [0.3, 0.4) is 0 Å². The minimum Gasteiger partial charge on any atom is -0.508 e. The van der Waals surface area contributed by atoms with E-state index in [1.165, 1.54) is 6.08 Å². The highest BCUT2D eigenvalue weighted by molar-refractivity contribution is 5.80. The number of carbonyl (C=O) groups excluding carboxylic acids is 1. The molecular formula is C13H15NO2. The number of aromatic hydroxyl groups is 1. The molecule has 0 radical (unpaired) electrons. The van der Waals surface area contributed by atoms with Gasteiger partial charge >= 0.3 is 0 Å². The number of primary amides is 1. The van der Waals surface area contributed by atoms with Crippen molar-refractivity contribution in [3.8, 4) is 5.75 Å². The maximum Gasteiger partial charge on any atom is 0.225 e. The molecule has 1 rings (SSSR count). The van der Waals surface area contributed by atoms with Gasteiger partial charge in [-0.3, -0.25) is 4.79 Å². The van der Waals surface area contributed by atoms with Crippen LogP contribution in [-0.2, 0) is 11.2 Å². The second-order valence-electron chi connectivity index (χ2n) is 3.60. The molecule has 0 saturated carbocycles. The summed E-state index contributed by atoms with van der Waals surface area (Å²) in [6, 6.07) is 6.65. The number of rotatable bonds is 5. The lowest BCUT2D eigenvalue weighted by Crippen LogP contribution is -2.26. The molecule has 1 aromatic carbocycles. The van der Waals surface area contributed by atoms with Crippen molar-refractivity contribution < 1.29 is 9.90 Å². The molecule has 0 fully saturated rings. The number of hydrogen-bond acceptors (Lipinski definition) is 2. The highest BCUT2D eigenvalue weighted by atomic mass is 16.3. The topological polar surface area (TPSA) is 63.3 Å². The Morgan fingerprint density at radius 3 is 2.44 bits per heavy atom. The van der Waals surface area contributed by atoms with Crippen molar-refractivity contribution in [2.45, 2.75) is 6.42 Å². The molecule has 0 saturated heterocycles. The van der Waals surface area contributed by atoms with E-state index in [9.17, 15) is 4.79 Å². The van der Waals surface area contributed by atoms with E-state index in [4.69, 9.17) is 10.8 Å². The second-order valence-corrected chi connectivity index (χ2v) is 3.60. The molecule has 16 heavy (non-hydrogen) atoms. The molecule has 0 aliphatic carbocycles. The van der Waals surface area contributed by atoms with Gasteiger partial charge in [0, 0.05) is 0 Å². The Balaban J connectivity index is 2.83. The smallest absolute Gasteiger partial charge is 0.225 e. The van der Waals surface area contributed by atoms with Gasteiger partial charge in [0.05, 0.1) is 5.92 Å². The van der Waals surface area contributed by atoms with Gasteiger partial charge in [0.15, 0.2) is 0 Å². The Morgan fingerprint density at radius 1 is 1.44 bits per heavy atom. The molecule has 1 aromatic rings. The zero-order chi connectivity index (χ0) is 12.1. The summed E-state index contributed by atoms with van der Waals surface area (Å²) < 4.78 is 0. The number of amides is 1. The average molecular weight is 217 g/mol. The van der Waals surface area contributed by atoms with Crippen LogP contribution in [0.4, 0.5) is 0 Å². The third-order valence-corrected chi connectivity index (χ3v) is 2.43. The van der Waals surface area contributed by atoms with E-state index in [-0.39, 0.29) is 5.75 Å². The van der Waals surface area contributed by atoms with Crippen molar-refractivity contribution in [2.24, 2.45) is 11.7 Å². The minimum atomic E-state index is -0.443. The van der Waals surface area contributed by atoms with Crippen LogP contribution >= 0.6 is 0 Å². The largest absolute Gasteiger partial charge is 0.508 e. The quantitative estimate of drug-likeness (QED) is 0.738. The van der Waals surface area contributed by atoms with E-state index in [0.29, 0.717) is 12.0 Å². The lowest BCUT2D eigenvalue weighted by atomic mass is 9.92. The Labute approximate surface area is 94.9 Å². The fourth-order valence-electron chi connectivity index (χ4n) is 1.42. The van der Waals surface area contributed by atoms with E-state index < -0.39 is 11.8 Å². The zero-order valence-corrected chi connectivity index (χ0v) is 9.02. The Hall–Kier alpha value is -2.03. The molecule has 0 aliphatic rings. The molecule has 1 atom stereocenters. The summed E-state index contributed by atoms with van der Waals surface area (Å²) in [6.45, 7) is 7.31. The summed E-state index contributed by atoms with van der Waals surface area (Å²) in [5.74, 6) is -0.665. The summed E-state index contributed by atoms with van der Waals surface area (Å²) >= 11 is 0. The number of carbonyl (C=O) groups is 1. The molecule has 3 N–H and O–H groups in total. The third-order valence-electron chi connectivity index (χ3n) is 2.43. The van der Waals surface area contributed by atoms with Crippen molar-refractivity contribution >= 4 is 5.91 Å². The van der Waals surface area contributed by atoms with Crippen molar-refractivity contribution in [3.63, 3.8) is 0 Å². The third kappa shape index (κ3) is 2.98. The van der Waals surface area contributed by atoms with Crippen LogP contribution in [0.5, 0.6) is 5.75 Å². The summed E-state index contributed by atoms with van der Waals surface area (Å²) in [5.41, 5.74) is 6.83. The lowest BCUT2D eigenvalue weighted by Gasteiger charge is -2.13. The van der Waals surface area contributed by atoms with Crippen molar-refractivity contribution in [2.75, 3.05) is 0 Å². The van der Waals surface area contributed by atoms with Crippen LogP contribution in [0.15, 0.2) is 49.1 Å². The molecule has 3 nitrogen and oxygen atoms in total. The van der Waals surface area contributed by atoms with Gasteiger partial charge in [-0.15, -0.1) is 0 Å². The molecule has 84 valence electrons. The molecule has 0 unspecified atom stereocenters. The Morgan fingerprint density at radius 2 is 2.00 bits per heavy atom. The Kier molecular flexibility index (Phi) is 3.89. The SMILES string of the molecule is C=CC(=C)[C@@H](Cc1ccc(O)cc1)C(N)=O. The zero-order valence-electron chi connectivity index (χ0n) is 9.02. The van der Waals surface area contributed by atoms with Crippen molar-refractivity contribution in [3.05, 3.63) is 54.6 Å². The van der Waals surface area contributed by atoms with Crippen molar-refractivity contribution in [1.82, 2.24) is 0 Å². The monoisotopic (exact) mass is 217 g/mol. The number of hydrogen-bond donors (Lipinski definition) is 2. The highest BCUT2D eigenvalue weighted by Crippen LogP contribution is 2.18. The van der Waals surface area contributed by atoms with E-state index in [0.717, 1.165) is 5.56 Å². The van der Waals surface area contributed by atoms with Gasteiger partial charge in [0.2, 0.25) is 5.91 Å². The van der Waals surface area contributed by atoms with Crippen molar-refractivity contribution in [1.29, 1.82) is 0 Å². The summed E-state index contributed by atoms with van der Waals surface area (Å²) in [4.78, 5) is 11.2. The van der Waals surface area contributed by atoms with Crippen LogP contribution in [0.25, 0.3) is 0 Å². The van der Waals surface area contributed by atoms with Gasteiger partial charge in [0.25, 0.3) is 0 Å². The van der Waals surface area contributed by atoms with Crippen LogP contribution in [0.1, 0.15) is 5.56 Å². The van der Waals surface area contributed by atoms with Gasteiger partial charge in [-0.25, -0.2) is 0 Å². The van der Waals surface area contributed by atoms with E-state index >= 15 is 0 Å². The fraction of sp³-hybridized carbons (Fsp3) is 0.154. The number of phenols is 1. The molecule has 0 aromatic heterocycles. The molecule has 3 heteroatoms. The molecule has 0 aliphatic heterocycles. The number of phenolic OH excluding ortho intramolecular Hbond substituents is 1. The second kappa shape index (κ2) is 5.16. The molecule has 0 bridgehead atoms. The van der Waals surface area contributed by atoms with Crippen LogP contribution in [0.2, 0.25) is 0 Å². The molecule has 1 amide bonds. The molecule has 0 heterocycles. The van der Waals surface area contributed by atoms with Crippen LogP contribution < -0.4 is 5.73 Å². The van der Waals surface area contributed by atoms with E-state index in [1.807, 2.05) is 0 Å². The van der Waals surface area contributed by atoms with Crippen LogP contribution in [-0.4, -0.2) is 11.0 Å². The summed E-state index contributed by atoms with van der Waals surface area (Å²) in [6.07, 6.45) is 2.01. The average Bonchev–Trinajstić information content (AvgIpc) is 2.27. The maximum atomic E-state index is 11.2. The first-order valence-electron chi connectivity index (χ1n) is 4.93. The van der Waals surface area contributed by atoms with Gasteiger partial charge < -0.3 is 10.8 Å². The first-order chi connectivity index (χ1) is 7.54. The van der Waals surface area contributed by atoms with Gasteiger partial charge in [-0.05, 0) is 29.7 Å². The normalized spacial score (nSPS) is 11.8. The first kappa shape index (κ1) is 12.0. The van der Waals surface area contributed by atoms with Gasteiger partial charge in [-0.2, -0.15) is 0 Å². The van der Waals surface area contributed by atoms with Gasteiger partial charge in [0.1, 0.15) is 5.75 Å². The molecular weight excluding hydrogens is 202 g/mol. The number of benzene rings is 1. The number of nitrogens with two attached hydrogens (primary N) is 1. The number of allylic oxidation sites excluding steroid dienone is 1. The minimum absolute atomic E-state index is 0.196. The van der Waals surface area contributed by atoms with Crippen LogP contribution in [0, 0.1) is 5.92 Å². The lowest BCUT2D eigenvalue weighted by molar-refractivity contribution is -0.120.